The number of nitrogens with zero attached hydrogens (tertiary/aromatic N) is 6. The van der Waals surface area contributed by atoms with Crippen LogP contribution in [-0.2, 0) is 0 Å². The molecule has 2 N–H and O–H groups in total. The normalized spacial score (nSPS) is 15.3. The zero-order valence-electron chi connectivity index (χ0n) is 14.1. The number of fused-ring (bicyclic) bond motifs is 1. The molecule has 2 aliphatic heterocycles. The second kappa shape index (κ2) is 6.46. The number of nitrogens with one attached hydrogen (secondary N) is 2. The van der Waals surface area contributed by atoms with Gasteiger partial charge in [0.05, 0.1) is 29.3 Å². The van der Waals surface area contributed by atoms with E-state index in [4.69, 9.17) is 4.52 Å². The quantitative estimate of drug-likeness (QED) is 0.731. The number of hydrazine groups is 1. The Morgan fingerprint density at radius 2 is 1.93 bits per heavy atom. The van der Waals surface area contributed by atoms with Crippen molar-refractivity contribution < 1.29 is 4.52 Å². The molecule has 0 fully saturated rings. The van der Waals surface area contributed by atoms with Gasteiger partial charge in [0, 0.05) is 24.7 Å². The minimum atomic E-state index is 0.483. The Morgan fingerprint density at radius 3 is 2.81 bits per heavy atom. The van der Waals surface area contributed by atoms with Crippen LogP contribution in [0, 0.1) is 0 Å². The van der Waals surface area contributed by atoms with Crippen molar-refractivity contribution in [2.45, 2.75) is 0 Å². The topological polar surface area (TPSA) is 104 Å². The number of anilines is 1. The smallest absolute Gasteiger partial charge is 0.227 e. The Balaban J connectivity index is 1.44. The first-order chi connectivity index (χ1) is 13.4. The number of hydrogen-bond donors (Lipinski definition) is 2. The van der Waals surface area contributed by atoms with E-state index in [0.29, 0.717) is 23.9 Å². The summed E-state index contributed by atoms with van der Waals surface area (Å²) >= 11 is 0. The zero-order chi connectivity index (χ0) is 18.1. The van der Waals surface area contributed by atoms with Crippen molar-refractivity contribution in [2.24, 2.45) is 4.99 Å². The van der Waals surface area contributed by atoms with Crippen molar-refractivity contribution in [1.29, 1.82) is 0 Å². The molecule has 5 rings (SSSR count). The van der Waals surface area contributed by atoms with E-state index in [1.54, 1.807) is 18.5 Å². The first-order valence-corrected chi connectivity index (χ1v) is 8.32. The SMILES string of the molecule is C1=CN2NCC(Nc3nccc(-c4cccc(-c5ccon5)n4)n3)=C2N=C1. The second-order valence-corrected chi connectivity index (χ2v) is 5.81. The molecule has 2 aliphatic rings. The summed E-state index contributed by atoms with van der Waals surface area (Å²) in [5, 5.41) is 9.03. The van der Waals surface area contributed by atoms with Gasteiger partial charge >= 0.3 is 0 Å². The van der Waals surface area contributed by atoms with Crippen LogP contribution in [0.25, 0.3) is 22.8 Å². The molecular formula is C18H14N8O. The first-order valence-electron chi connectivity index (χ1n) is 8.32. The molecule has 0 radical (unpaired) electrons. The van der Waals surface area contributed by atoms with E-state index < -0.39 is 0 Å². The van der Waals surface area contributed by atoms with Crippen molar-refractivity contribution in [3.05, 3.63) is 66.6 Å². The highest BCUT2D eigenvalue weighted by atomic mass is 16.5. The lowest BCUT2D eigenvalue weighted by Crippen LogP contribution is -2.27. The second-order valence-electron chi connectivity index (χ2n) is 5.81. The number of pyridine rings is 1. The minimum Gasteiger partial charge on any atom is -0.364 e. The van der Waals surface area contributed by atoms with Gasteiger partial charge in [-0.2, -0.15) is 0 Å². The van der Waals surface area contributed by atoms with Gasteiger partial charge in [-0.15, -0.1) is 0 Å². The number of aromatic nitrogens is 4. The van der Waals surface area contributed by atoms with E-state index in [-0.39, 0.29) is 0 Å². The van der Waals surface area contributed by atoms with Gasteiger partial charge in [-0.1, -0.05) is 11.2 Å². The van der Waals surface area contributed by atoms with E-state index in [9.17, 15) is 0 Å². The summed E-state index contributed by atoms with van der Waals surface area (Å²) in [5.74, 6) is 1.29. The molecule has 0 aromatic carbocycles. The summed E-state index contributed by atoms with van der Waals surface area (Å²) in [6, 6.07) is 9.27. The summed E-state index contributed by atoms with van der Waals surface area (Å²) in [5.41, 5.74) is 6.94. The number of allylic oxidation sites excluding steroid dienone is 1. The number of aliphatic imine (C=N–C) groups is 1. The molecule has 0 unspecified atom stereocenters. The molecule has 0 saturated carbocycles. The van der Waals surface area contributed by atoms with Crippen LogP contribution in [0.5, 0.6) is 0 Å². The Labute approximate surface area is 154 Å². The fraction of sp³-hybridized carbons (Fsp3) is 0.0556. The maximum absolute atomic E-state index is 4.89. The van der Waals surface area contributed by atoms with Gasteiger partial charge in [0.25, 0.3) is 0 Å². The molecule has 0 atom stereocenters. The molecule has 0 saturated heterocycles. The predicted molar refractivity (Wildman–Crippen MR) is 98.9 cm³/mol. The van der Waals surface area contributed by atoms with Crippen molar-refractivity contribution >= 4 is 12.2 Å². The monoisotopic (exact) mass is 358 g/mol. The van der Waals surface area contributed by atoms with Gasteiger partial charge in [0.2, 0.25) is 5.95 Å². The van der Waals surface area contributed by atoms with Gasteiger partial charge in [-0.05, 0) is 24.3 Å². The van der Waals surface area contributed by atoms with Crippen molar-refractivity contribution in [1.82, 2.24) is 30.5 Å². The molecular weight excluding hydrogens is 344 g/mol. The highest BCUT2D eigenvalue weighted by Crippen LogP contribution is 2.23. The molecule has 9 nitrogen and oxygen atoms in total. The standard InChI is InChI=1S/C18H14N8O/c1-3-12(22-13(4-1)15-6-10-27-25-15)14-5-8-20-18(23-14)24-16-11-21-26-9-2-7-19-17(16)26/h1-10,21H,11H2,(H,20,23,24). The van der Waals surface area contributed by atoms with Crippen LogP contribution in [0.2, 0.25) is 0 Å². The van der Waals surface area contributed by atoms with Crippen LogP contribution in [0.15, 0.2) is 76.1 Å². The third-order valence-electron chi connectivity index (χ3n) is 4.07. The highest BCUT2D eigenvalue weighted by molar-refractivity contribution is 5.73. The molecule has 0 amide bonds. The van der Waals surface area contributed by atoms with E-state index in [2.05, 4.69) is 35.8 Å². The van der Waals surface area contributed by atoms with Crippen molar-refractivity contribution in [3.63, 3.8) is 0 Å². The van der Waals surface area contributed by atoms with Crippen LogP contribution in [0.3, 0.4) is 0 Å². The third-order valence-corrected chi connectivity index (χ3v) is 4.07. The average Bonchev–Trinajstić information content (AvgIpc) is 3.39. The van der Waals surface area contributed by atoms with Gasteiger partial charge in [0.1, 0.15) is 12.0 Å². The number of hydrogen-bond acceptors (Lipinski definition) is 9. The summed E-state index contributed by atoms with van der Waals surface area (Å²) in [6.07, 6.45) is 8.74. The molecule has 0 aliphatic carbocycles. The Kier molecular flexibility index (Phi) is 3.69. The van der Waals surface area contributed by atoms with Gasteiger partial charge in [0.15, 0.2) is 5.82 Å². The first kappa shape index (κ1) is 15.4. The Bertz CT molecular complexity index is 1070. The fourth-order valence-corrected chi connectivity index (χ4v) is 2.83. The summed E-state index contributed by atoms with van der Waals surface area (Å²) in [4.78, 5) is 17.9. The van der Waals surface area contributed by atoms with Gasteiger partial charge in [-0.25, -0.2) is 25.4 Å². The summed E-state index contributed by atoms with van der Waals surface area (Å²) in [7, 11) is 0. The van der Waals surface area contributed by atoms with Crippen LogP contribution in [0.1, 0.15) is 0 Å². The molecule has 27 heavy (non-hydrogen) atoms. The van der Waals surface area contributed by atoms with Crippen LogP contribution in [0.4, 0.5) is 5.95 Å². The molecule has 5 heterocycles. The maximum Gasteiger partial charge on any atom is 0.227 e. The number of rotatable bonds is 4. The van der Waals surface area contributed by atoms with E-state index in [0.717, 1.165) is 22.9 Å². The fourth-order valence-electron chi connectivity index (χ4n) is 2.83. The molecule has 132 valence electrons. The molecule has 3 aromatic heterocycles. The molecule has 3 aromatic rings. The van der Waals surface area contributed by atoms with Crippen LogP contribution in [-0.4, -0.2) is 37.9 Å². The minimum absolute atomic E-state index is 0.483. The summed E-state index contributed by atoms with van der Waals surface area (Å²) in [6.45, 7) is 0.616. The lowest BCUT2D eigenvalue weighted by Gasteiger charge is -2.15. The average molecular weight is 358 g/mol. The maximum atomic E-state index is 4.89. The Hall–Kier alpha value is -3.85. The Morgan fingerprint density at radius 1 is 1.04 bits per heavy atom. The summed E-state index contributed by atoms with van der Waals surface area (Å²) < 4.78 is 4.89. The largest absolute Gasteiger partial charge is 0.364 e. The van der Waals surface area contributed by atoms with Crippen molar-refractivity contribution in [2.75, 3.05) is 11.9 Å². The van der Waals surface area contributed by atoms with Crippen molar-refractivity contribution in [3.8, 4) is 22.8 Å². The lowest BCUT2D eigenvalue weighted by molar-refractivity contribution is 0.383. The van der Waals surface area contributed by atoms with Gasteiger partial charge in [-0.3, -0.25) is 5.01 Å². The van der Waals surface area contributed by atoms with Gasteiger partial charge < -0.3 is 9.84 Å². The predicted octanol–water partition coefficient (Wildman–Crippen LogP) is 2.19. The highest BCUT2D eigenvalue weighted by Gasteiger charge is 2.22. The molecule has 0 bridgehead atoms. The van der Waals surface area contributed by atoms with E-state index in [1.807, 2.05) is 41.6 Å². The lowest BCUT2D eigenvalue weighted by atomic mass is 10.2. The third kappa shape index (κ3) is 2.96. The molecule has 9 heteroatoms. The van der Waals surface area contributed by atoms with Crippen LogP contribution >= 0.6 is 0 Å². The van der Waals surface area contributed by atoms with Crippen LogP contribution < -0.4 is 10.7 Å². The zero-order valence-corrected chi connectivity index (χ0v) is 14.1. The van der Waals surface area contributed by atoms with E-state index in [1.165, 1.54) is 6.26 Å². The van der Waals surface area contributed by atoms with E-state index >= 15 is 0 Å². The molecule has 0 spiro atoms.